The minimum Gasteiger partial charge on any atom is -0.258 e. The molecule has 0 saturated carbocycles. The van der Waals surface area contributed by atoms with Gasteiger partial charge in [-0.25, -0.2) is 0 Å². The van der Waals surface area contributed by atoms with Crippen molar-refractivity contribution in [3.63, 3.8) is 0 Å². The molecule has 5 nitrogen and oxygen atoms in total. The molecule has 80 valence electrons. The molecule has 0 bridgehead atoms. The largest absolute Gasteiger partial charge is 0.269 e. The molecule has 6 heteroatoms. The van der Waals surface area contributed by atoms with Gasteiger partial charge in [0, 0.05) is 17.5 Å². The van der Waals surface area contributed by atoms with Crippen LogP contribution in [0.4, 0.5) is 5.69 Å². The van der Waals surface area contributed by atoms with E-state index in [-0.39, 0.29) is 5.69 Å². The van der Waals surface area contributed by atoms with Gasteiger partial charge in [-0.2, -0.15) is 0 Å². The van der Waals surface area contributed by atoms with Crippen molar-refractivity contribution in [3.8, 4) is 0 Å². The third-order valence-electron chi connectivity index (χ3n) is 1.93. The maximum atomic E-state index is 10.4. The van der Waals surface area contributed by atoms with E-state index < -0.39 is 4.92 Å². The number of hydrogen-bond acceptors (Lipinski definition) is 5. The van der Waals surface area contributed by atoms with Crippen molar-refractivity contribution in [2.45, 2.75) is 0 Å². The van der Waals surface area contributed by atoms with Crippen molar-refractivity contribution < 1.29 is 4.92 Å². The lowest BCUT2D eigenvalue weighted by molar-refractivity contribution is -0.384. The van der Waals surface area contributed by atoms with Gasteiger partial charge in [0.2, 0.25) is 0 Å². The Hall–Kier alpha value is -2.08. The monoisotopic (exact) mass is 233 g/mol. The molecule has 16 heavy (non-hydrogen) atoms. The third kappa shape index (κ3) is 2.48. The van der Waals surface area contributed by atoms with Crippen molar-refractivity contribution in [3.05, 3.63) is 51.0 Å². The van der Waals surface area contributed by atoms with Gasteiger partial charge in [0.25, 0.3) is 5.69 Å². The van der Waals surface area contributed by atoms with E-state index in [0.717, 1.165) is 11.3 Å². The highest BCUT2D eigenvalue weighted by molar-refractivity contribution is 7.03. The summed E-state index contributed by atoms with van der Waals surface area (Å²) in [6.07, 6.45) is 3.64. The van der Waals surface area contributed by atoms with Crippen LogP contribution in [0.2, 0.25) is 0 Å². The minimum atomic E-state index is -0.419. The van der Waals surface area contributed by atoms with Crippen LogP contribution in [0.1, 0.15) is 11.3 Å². The molecule has 0 aliphatic carbocycles. The van der Waals surface area contributed by atoms with Crippen molar-refractivity contribution >= 4 is 29.4 Å². The maximum Gasteiger partial charge on any atom is 0.269 e. The van der Waals surface area contributed by atoms with Gasteiger partial charge in [-0.05, 0) is 35.3 Å². The molecule has 0 atom stereocenters. The van der Waals surface area contributed by atoms with Crippen molar-refractivity contribution in [1.82, 2.24) is 9.59 Å². The number of aromatic nitrogens is 2. The number of non-ortho nitro benzene ring substituents is 1. The van der Waals surface area contributed by atoms with Crippen LogP contribution in [0.3, 0.4) is 0 Å². The van der Waals surface area contributed by atoms with E-state index in [9.17, 15) is 10.1 Å². The van der Waals surface area contributed by atoms with Gasteiger partial charge in [0.15, 0.2) is 0 Å². The van der Waals surface area contributed by atoms with E-state index in [0.29, 0.717) is 0 Å². The van der Waals surface area contributed by atoms with Crippen LogP contribution in [0.25, 0.3) is 12.2 Å². The summed E-state index contributed by atoms with van der Waals surface area (Å²) in [5, 5.41) is 16.1. The Labute approximate surface area is 95.4 Å². The Morgan fingerprint density at radius 3 is 2.56 bits per heavy atom. The Morgan fingerprint density at radius 1 is 1.25 bits per heavy atom. The number of nitro benzene ring substituents is 1. The summed E-state index contributed by atoms with van der Waals surface area (Å²) in [7, 11) is 0. The number of rotatable bonds is 3. The second-order valence-electron chi connectivity index (χ2n) is 3.01. The summed E-state index contributed by atoms with van der Waals surface area (Å²) in [5.74, 6) is 0. The first-order valence-electron chi connectivity index (χ1n) is 4.45. The summed E-state index contributed by atoms with van der Waals surface area (Å²) in [6.45, 7) is 0. The lowest BCUT2D eigenvalue weighted by atomic mass is 10.2. The average Bonchev–Trinajstić information content (AvgIpc) is 2.80. The van der Waals surface area contributed by atoms with Crippen molar-refractivity contribution in [2.24, 2.45) is 0 Å². The number of hydrogen-bond donors (Lipinski definition) is 0. The first-order chi connectivity index (χ1) is 7.75. The van der Waals surface area contributed by atoms with Crippen molar-refractivity contribution in [1.29, 1.82) is 0 Å². The van der Waals surface area contributed by atoms with Gasteiger partial charge in [-0.1, -0.05) is 10.6 Å². The highest BCUT2D eigenvalue weighted by atomic mass is 32.1. The van der Waals surface area contributed by atoms with E-state index in [1.165, 1.54) is 23.7 Å². The molecule has 0 unspecified atom stereocenters. The van der Waals surface area contributed by atoms with Gasteiger partial charge in [-0.15, -0.1) is 5.10 Å². The molecule has 0 spiro atoms. The van der Waals surface area contributed by atoms with Crippen LogP contribution in [0.15, 0.2) is 29.6 Å². The first-order valence-corrected chi connectivity index (χ1v) is 5.29. The summed E-state index contributed by atoms with van der Waals surface area (Å²) in [4.78, 5) is 10.0. The van der Waals surface area contributed by atoms with E-state index in [2.05, 4.69) is 9.59 Å². The lowest BCUT2D eigenvalue weighted by Gasteiger charge is -1.92. The normalized spacial score (nSPS) is 10.8. The molecule has 0 fully saturated rings. The van der Waals surface area contributed by atoms with Crippen LogP contribution in [-0.4, -0.2) is 14.5 Å². The zero-order valence-corrected chi connectivity index (χ0v) is 8.92. The summed E-state index contributed by atoms with van der Waals surface area (Å²) >= 11 is 1.28. The SMILES string of the molecule is O=[N+]([O-])c1ccc(/C=C\c2csnn2)cc1. The zero-order valence-electron chi connectivity index (χ0n) is 8.11. The fourth-order valence-electron chi connectivity index (χ4n) is 1.13. The van der Waals surface area contributed by atoms with Gasteiger partial charge in [0.05, 0.1) is 10.6 Å². The van der Waals surface area contributed by atoms with Crippen molar-refractivity contribution in [2.75, 3.05) is 0 Å². The minimum absolute atomic E-state index is 0.0903. The molecule has 0 amide bonds. The number of benzene rings is 1. The Bertz CT molecular complexity index is 505. The fraction of sp³-hybridized carbons (Fsp3) is 0. The smallest absolute Gasteiger partial charge is 0.258 e. The molecule has 0 aliphatic heterocycles. The molecular formula is C10H7N3O2S. The molecule has 1 aromatic heterocycles. The molecule has 1 heterocycles. The average molecular weight is 233 g/mol. The van der Waals surface area contributed by atoms with Crippen LogP contribution in [-0.2, 0) is 0 Å². The summed E-state index contributed by atoms with van der Waals surface area (Å²) in [5.41, 5.74) is 1.76. The lowest BCUT2D eigenvalue weighted by Crippen LogP contribution is -1.86. The topological polar surface area (TPSA) is 68.9 Å². The molecule has 0 aliphatic rings. The second kappa shape index (κ2) is 4.63. The van der Waals surface area contributed by atoms with E-state index in [4.69, 9.17) is 0 Å². The summed E-state index contributed by atoms with van der Waals surface area (Å²) < 4.78 is 3.72. The Balaban J connectivity index is 2.14. The Kier molecular flexibility index (Phi) is 3.02. The molecular weight excluding hydrogens is 226 g/mol. The van der Waals surface area contributed by atoms with E-state index >= 15 is 0 Å². The Morgan fingerprint density at radius 2 is 2.00 bits per heavy atom. The number of nitro groups is 1. The standard InChI is InChI=1S/C10H7N3O2S/c14-13(15)10-5-2-8(3-6-10)1-4-9-7-16-12-11-9/h1-7H/b4-1-. The predicted octanol–water partition coefficient (Wildman–Crippen LogP) is 2.62. The molecule has 0 N–H and O–H groups in total. The highest BCUT2D eigenvalue weighted by Gasteiger charge is 2.02. The second-order valence-corrected chi connectivity index (χ2v) is 3.62. The fourth-order valence-corrected chi connectivity index (χ4v) is 1.56. The van der Waals surface area contributed by atoms with Crippen LogP contribution < -0.4 is 0 Å². The molecule has 2 rings (SSSR count). The van der Waals surface area contributed by atoms with Gasteiger partial charge >= 0.3 is 0 Å². The van der Waals surface area contributed by atoms with Gasteiger partial charge in [0.1, 0.15) is 0 Å². The van der Waals surface area contributed by atoms with Crippen LogP contribution >= 0.6 is 11.5 Å². The molecule has 2 aromatic rings. The first kappa shape index (κ1) is 10.4. The molecule has 1 aromatic carbocycles. The maximum absolute atomic E-state index is 10.4. The highest BCUT2D eigenvalue weighted by Crippen LogP contribution is 2.13. The molecule has 0 saturated heterocycles. The number of nitrogens with zero attached hydrogens (tertiary/aromatic N) is 3. The quantitative estimate of drug-likeness (QED) is 0.603. The molecule has 0 radical (unpaired) electrons. The van der Waals surface area contributed by atoms with Gasteiger partial charge in [-0.3, -0.25) is 10.1 Å². The van der Waals surface area contributed by atoms with E-state index in [1.54, 1.807) is 12.1 Å². The predicted molar refractivity (Wildman–Crippen MR) is 61.9 cm³/mol. The van der Waals surface area contributed by atoms with E-state index in [1.807, 2.05) is 17.5 Å². The van der Waals surface area contributed by atoms with Crippen LogP contribution in [0, 0.1) is 10.1 Å². The van der Waals surface area contributed by atoms with Crippen LogP contribution in [0.5, 0.6) is 0 Å². The summed E-state index contributed by atoms with van der Waals surface area (Å²) in [6, 6.07) is 6.32. The zero-order chi connectivity index (χ0) is 11.4. The van der Waals surface area contributed by atoms with Gasteiger partial charge < -0.3 is 0 Å². The third-order valence-corrected chi connectivity index (χ3v) is 2.45.